The van der Waals surface area contributed by atoms with Crippen LogP contribution in [0, 0.1) is 20.8 Å². The normalized spacial score (nSPS) is 39.5. The van der Waals surface area contributed by atoms with Gasteiger partial charge in [-0.25, -0.2) is 0 Å². The lowest BCUT2D eigenvalue weighted by atomic mass is 9.48. The maximum atomic E-state index is 6.39. The second-order valence-corrected chi connectivity index (χ2v) is 9.09. The van der Waals surface area contributed by atoms with E-state index in [4.69, 9.17) is 9.47 Å². The average molecular weight is 416 g/mol. The van der Waals surface area contributed by atoms with Crippen LogP contribution in [0.3, 0.4) is 0 Å². The topological polar surface area (TPSA) is 36.3 Å². The van der Waals surface area contributed by atoms with Crippen LogP contribution in [0.25, 0.3) is 0 Å². The smallest absolute Gasteiger partial charge is 0.0707 e. The summed E-state index contributed by atoms with van der Waals surface area (Å²) in [5.41, 5.74) is 0.537. The molecule has 2 unspecified atom stereocenters. The second kappa shape index (κ2) is 5.74. The van der Waals surface area contributed by atoms with Gasteiger partial charge in [-0.2, -0.15) is 5.10 Å². The Bertz CT molecular complexity index is 531. The summed E-state index contributed by atoms with van der Waals surface area (Å²) in [5.74, 6) is 1.72. The van der Waals surface area contributed by atoms with Gasteiger partial charge in [0, 0.05) is 19.9 Å². The van der Waals surface area contributed by atoms with E-state index in [9.17, 15) is 0 Å². The van der Waals surface area contributed by atoms with E-state index >= 15 is 0 Å². The summed E-state index contributed by atoms with van der Waals surface area (Å²) >= 11 is 2.35. The molecule has 0 amide bonds. The number of halogens is 1. The lowest BCUT2D eigenvalue weighted by Crippen LogP contribution is -2.58. The van der Waals surface area contributed by atoms with E-state index < -0.39 is 0 Å². The number of hydrogen-bond acceptors (Lipinski definition) is 3. The number of rotatable bonds is 6. The molecule has 1 heterocycles. The third-order valence-corrected chi connectivity index (χ3v) is 6.48. The maximum Gasteiger partial charge on any atom is 0.0707 e. The van der Waals surface area contributed by atoms with Crippen molar-refractivity contribution >= 4 is 22.6 Å². The lowest BCUT2D eigenvalue weighted by molar-refractivity contribution is -0.200. The molecular weight excluding hydrogens is 391 g/mol. The Morgan fingerprint density at radius 1 is 1.27 bits per heavy atom. The van der Waals surface area contributed by atoms with Crippen molar-refractivity contribution in [3.05, 3.63) is 16.0 Å². The van der Waals surface area contributed by atoms with Crippen molar-refractivity contribution in [2.24, 2.45) is 17.3 Å². The Morgan fingerprint density at radius 3 is 2.68 bits per heavy atom. The van der Waals surface area contributed by atoms with Crippen LogP contribution in [0.5, 0.6) is 0 Å². The summed E-state index contributed by atoms with van der Waals surface area (Å²) in [6.07, 6.45) is 12.1. The molecule has 122 valence electrons. The van der Waals surface area contributed by atoms with Gasteiger partial charge in [0.05, 0.1) is 28.6 Å². The summed E-state index contributed by atoms with van der Waals surface area (Å²) in [6, 6.07) is 0. The van der Waals surface area contributed by atoms with Gasteiger partial charge in [-0.3, -0.25) is 4.68 Å². The van der Waals surface area contributed by atoms with Crippen molar-refractivity contribution in [2.45, 2.75) is 50.7 Å². The van der Waals surface area contributed by atoms with Gasteiger partial charge in [0.15, 0.2) is 0 Å². The second-order valence-electron chi connectivity index (χ2n) is 7.84. The monoisotopic (exact) mass is 416 g/mol. The number of hydrogen-bond donors (Lipinski definition) is 0. The highest BCUT2D eigenvalue weighted by atomic mass is 127. The van der Waals surface area contributed by atoms with Crippen molar-refractivity contribution in [2.75, 3.05) is 20.3 Å². The standard InChI is InChI=1S/C17H25IN2O2/c1-21-2-3-22-17-7-13-4-14(8-17)6-16(5-13,11-17)12-20-10-15(18)9-19-20/h9-10,13-14H,2-8,11-12H2,1H3. The number of aromatic nitrogens is 2. The summed E-state index contributed by atoms with van der Waals surface area (Å²) < 4.78 is 15.0. The summed E-state index contributed by atoms with van der Waals surface area (Å²) in [7, 11) is 1.75. The predicted octanol–water partition coefficient (Wildman–Crippen LogP) is 3.49. The van der Waals surface area contributed by atoms with Crippen LogP contribution in [-0.2, 0) is 16.0 Å². The zero-order chi connectivity index (χ0) is 15.2. The van der Waals surface area contributed by atoms with Crippen molar-refractivity contribution in [3.8, 4) is 0 Å². The fourth-order valence-corrected chi connectivity index (χ4v) is 6.27. The van der Waals surface area contributed by atoms with Crippen LogP contribution in [0.1, 0.15) is 38.5 Å². The van der Waals surface area contributed by atoms with Crippen molar-refractivity contribution in [1.82, 2.24) is 9.78 Å². The number of nitrogens with zero attached hydrogens (tertiary/aromatic N) is 2. The van der Waals surface area contributed by atoms with E-state index in [2.05, 4.69) is 38.6 Å². The summed E-state index contributed by atoms with van der Waals surface area (Å²) in [5, 5.41) is 4.54. The molecular formula is C17H25IN2O2. The molecule has 4 nitrogen and oxygen atoms in total. The van der Waals surface area contributed by atoms with Gasteiger partial charge in [-0.05, 0) is 78.4 Å². The van der Waals surface area contributed by atoms with Crippen molar-refractivity contribution < 1.29 is 9.47 Å². The summed E-state index contributed by atoms with van der Waals surface area (Å²) in [6.45, 7) is 2.52. The van der Waals surface area contributed by atoms with Gasteiger partial charge in [0.2, 0.25) is 0 Å². The highest BCUT2D eigenvalue weighted by Crippen LogP contribution is 2.63. The molecule has 5 heteroatoms. The Labute approximate surface area is 146 Å². The van der Waals surface area contributed by atoms with Crippen LogP contribution in [0.2, 0.25) is 0 Å². The first-order chi connectivity index (χ1) is 10.6. The number of methoxy groups -OCH3 is 1. The zero-order valence-corrected chi connectivity index (χ0v) is 15.4. The Balaban J connectivity index is 1.53. The van der Waals surface area contributed by atoms with Gasteiger partial charge in [-0.1, -0.05) is 0 Å². The van der Waals surface area contributed by atoms with Gasteiger partial charge in [0.1, 0.15) is 0 Å². The molecule has 4 fully saturated rings. The molecule has 0 spiro atoms. The average Bonchev–Trinajstić information content (AvgIpc) is 2.81. The first-order valence-corrected chi connectivity index (χ1v) is 9.49. The Kier molecular flexibility index (Phi) is 4.02. The molecule has 22 heavy (non-hydrogen) atoms. The van der Waals surface area contributed by atoms with Crippen LogP contribution in [0.4, 0.5) is 0 Å². The zero-order valence-electron chi connectivity index (χ0n) is 13.3. The molecule has 0 N–H and O–H groups in total. The highest BCUT2D eigenvalue weighted by molar-refractivity contribution is 14.1. The minimum absolute atomic E-state index is 0.128. The fraction of sp³-hybridized carbons (Fsp3) is 0.824. The van der Waals surface area contributed by atoms with E-state index in [1.165, 1.54) is 42.1 Å². The first kappa shape index (κ1) is 15.4. The molecule has 4 aliphatic rings. The molecule has 4 saturated carbocycles. The first-order valence-electron chi connectivity index (χ1n) is 8.41. The van der Waals surface area contributed by atoms with E-state index in [0.29, 0.717) is 12.0 Å². The molecule has 1 aromatic rings. The van der Waals surface area contributed by atoms with Crippen LogP contribution in [-0.4, -0.2) is 35.7 Å². The van der Waals surface area contributed by atoms with E-state index in [1.807, 2.05) is 6.20 Å². The third-order valence-electron chi connectivity index (χ3n) is 5.92. The highest BCUT2D eigenvalue weighted by Gasteiger charge is 2.58. The van der Waals surface area contributed by atoms with E-state index in [-0.39, 0.29) is 5.60 Å². The van der Waals surface area contributed by atoms with E-state index in [1.54, 1.807) is 7.11 Å². The van der Waals surface area contributed by atoms with Gasteiger partial charge < -0.3 is 9.47 Å². The lowest BCUT2D eigenvalue weighted by Gasteiger charge is -2.61. The fourth-order valence-electron chi connectivity index (χ4n) is 5.83. The molecule has 0 radical (unpaired) electrons. The molecule has 4 aliphatic carbocycles. The molecule has 0 saturated heterocycles. The number of ether oxygens (including phenoxy) is 2. The minimum atomic E-state index is 0.128. The van der Waals surface area contributed by atoms with Crippen LogP contribution >= 0.6 is 22.6 Å². The summed E-state index contributed by atoms with van der Waals surface area (Å²) in [4.78, 5) is 0. The van der Waals surface area contributed by atoms with Gasteiger partial charge in [-0.15, -0.1) is 0 Å². The molecule has 2 atom stereocenters. The van der Waals surface area contributed by atoms with Crippen LogP contribution in [0.15, 0.2) is 12.4 Å². The Morgan fingerprint density at radius 2 is 2.05 bits per heavy atom. The SMILES string of the molecule is COCCOC12CC3CC(CC(Cn4cc(I)cn4)(C3)C1)C2. The molecule has 5 rings (SSSR count). The third kappa shape index (κ3) is 2.84. The van der Waals surface area contributed by atoms with Crippen molar-refractivity contribution in [3.63, 3.8) is 0 Å². The molecule has 0 aromatic carbocycles. The van der Waals surface area contributed by atoms with Crippen LogP contribution < -0.4 is 0 Å². The quantitative estimate of drug-likeness (QED) is 0.526. The molecule has 1 aromatic heterocycles. The maximum absolute atomic E-state index is 6.39. The van der Waals surface area contributed by atoms with Gasteiger partial charge in [0.25, 0.3) is 0 Å². The van der Waals surface area contributed by atoms with Crippen molar-refractivity contribution in [1.29, 1.82) is 0 Å². The minimum Gasteiger partial charge on any atom is -0.382 e. The predicted molar refractivity (Wildman–Crippen MR) is 92.6 cm³/mol. The largest absolute Gasteiger partial charge is 0.382 e. The van der Waals surface area contributed by atoms with Gasteiger partial charge >= 0.3 is 0 Å². The molecule has 0 aliphatic heterocycles. The molecule has 4 bridgehead atoms. The van der Waals surface area contributed by atoms with E-state index in [0.717, 1.165) is 25.0 Å². The Hall–Kier alpha value is -0.140.